The molecule has 0 saturated carbocycles. The van der Waals surface area contributed by atoms with Gasteiger partial charge < -0.3 is 9.88 Å². The van der Waals surface area contributed by atoms with E-state index >= 15 is 0 Å². The fraction of sp³-hybridized carbons (Fsp3) is 0.0952. The molecule has 9 heteroatoms. The maximum atomic E-state index is 12.3. The van der Waals surface area contributed by atoms with Crippen molar-refractivity contribution in [2.45, 2.75) is 5.16 Å². The molecule has 150 valence electrons. The third-order valence-electron chi connectivity index (χ3n) is 4.10. The Morgan fingerprint density at radius 1 is 1.00 bits per heavy atom. The lowest BCUT2D eigenvalue weighted by molar-refractivity contribution is -0.113. The van der Waals surface area contributed by atoms with Crippen LogP contribution in [-0.4, -0.2) is 26.4 Å². The van der Waals surface area contributed by atoms with Gasteiger partial charge in [0.05, 0.1) is 22.0 Å². The quantitative estimate of drug-likeness (QED) is 0.299. The minimum atomic E-state index is -0.112. The van der Waals surface area contributed by atoms with Crippen LogP contribution in [0.4, 0.5) is 17.1 Å². The summed E-state index contributed by atoms with van der Waals surface area (Å²) in [5.41, 5.74) is 2.21. The lowest BCUT2D eigenvalue weighted by atomic mass is 10.3. The van der Waals surface area contributed by atoms with Crippen molar-refractivity contribution in [1.29, 1.82) is 0 Å². The number of amides is 1. The van der Waals surface area contributed by atoms with E-state index in [4.69, 9.17) is 0 Å². The highest BCUT2D eigenvalue weighted by Gasteiger charge is 2.13. The number of benzene rings is 2. The highest BCUT2D eigenvalue weighted by Crippen LogP contribution is 2.26. The van der Waals surface area contributed by atoms with Gasteiger partial charge in [0.1, 0.15) is 0 Å². The summed E-state index contributed by atoms with van der Waals surface area (Å²) in [5.74, 6) is 0.929. The summed E-state index contributed by atoms with van der Waals surface area (Å²) in [5, 5.41) is 22.4. The second-order valence-electron chi connectivity index (χ2n) is 6.26. The van der Waals surface area contributed by atoms with E-state index in [1.165, 1.54) is 11.8 Å². The summed E-state index contributed by atoms with van der Waals surface area (Å²) in [6, 6.07) is 20.7. The average Bonchev–Trinajstić information content (AvgIpc) is 3.42. The Balaban J connectivity index is 1.31. The van der Waals surface area contributed by atoms with E-state index in [0.717, 1.165) is 16.4 Å². The molecule has 7 nitrogen and oxygen atoms in total. The molecule has 4 rings (SSSR count). The number of nitrogens with one attached hydrogen (secondary N) is 1. The molecule has 0 radical (unpaired) electrons. The van der Waals surface area contributed by atoms with Gasteiger partial charge in [-0.3, -0.25) is 4.79 Å². The van der Waals surface area contributed by atoms with Crippen LogP contribution in [-0.2, 0) is 11.8 Å². The molecule has 0 fully saturated rings. The van der Waals surface area contributed by atoms with Crippen molar-refractivity contribution in [3.8, 4) is 10.7 Å². The molecule has 2 aromatic heterocycles. The summed E-state index contributed by atoms with van der Waals surface area (Å²) >= 11 is 2.96. The van der Waals surface area contributed by atoms with Gasteiger partial charge in [0.15, 0.2) is 11.0 Å². The standard InChI is InChI=1S/C21H18N6OS2/c1-27-20(18-8-5-13-29-18)25-26-21(27)30-14-19(28)22-15-9-11-17(12-10-15)24-23-16-6-3-2-4-7-16/h2-13H,14H2,1H3,(H,22,28). The number of thiophene rings is 1. The number of aromatic nitrogens is 3. The van der Waals surface area contributed by atoms with Crippen LogP contribution < -0.4 is 5.32 Å². The third-order valence-corrected chi connectivity index (χ3v) is 5.98. The molecule has 0 aliphatic heterocycles. The number of hydrogen-bond donors (Lipinski definition) is 1. The molecule has 1 amide bonds. The predicted octanol–water partition coefficient (Wildman–Crippen LogP) is 5.69. The van der Waals surface area contributed by atoms with Crippen LogP contribution in [0.15, 0.2) is 87.5 Å². The molecule has 0 bridgehead atoms. The predicted molar refractivity (Wildman–Crippen MR) is 121 cm³/mol. The van der Waals surface area contributed by atoms with Crippen LogP contribution in [0.1, 0.15) is 0 Å². The number of nitrogens with zero attached hydrogens (tertiary/aromatic N) is 5. The van der Waals surface area contributed by atoms with Crippen LogP contribution >= 0.6 is 23.1 Å². The Bertz CT molecular complexity index is 1140. The van der Waals surface area contributed by atoms with Crippen molar-refractivity contribution < 1.29 is 4.79 Å². The van der Waals surface area contributed by atoms with Gasteiger partial charge in [-0.1, -0.05) is 36.0 Å². The van der Waals surface area contributed by atoms with E-state index in [-0.39, 0.29) is 11.7 Å². The van der Waals surface area contributed by atoms with Crippen LogP contribution in [0, 0.1) is 0 Å². The number of rotatable bonds is 7. The minimum Gasteiger partial charge on any atom is -0.325 e. The van der Waals surface area contributed by atoms with Gasteiger partial charge in [0.25, 0.3) is 0 Å². The van der Waals surface area contributed by atoms with Crippen LogP contribution in [0.3, 0.4) is 0 Å². The summed E-state index contributed by atoms with van der Waals surface area (Å²) < 4.78 is 1.90. The molecule has 0 spiro atoms. The van der Waals surface area contributed by atoms with Crippen molar-refractivity contribution >= 4 is 46.1 Å². The monoisotopic (exact) mass is 434 g/mol. The Hall–Kier alpha value is -3.30. The van der Waals surface area contributed by atoms with Gasteiger partial charge in [-0.05, 0) is 47.8 Å². The number of carbonyl (C=O) groups excluding carboxylic acids is 1. The molecule has 4 aromatic rings. The first-order valence-electron chi connectivity index (χ1n) is 9.12. The number of azo groups is 1. The lowest BCUT2D eigenvalue weighted by Crippen LogP contribution is -2.14. The highest BCUT2D eigenvalue weighted by molar-refractivity contribution is 7.99. The summed E-state index contributed by atoms with van der Waals surface area (Å²) in [6.07, 6.45) is 0. The van der Waals surface area contributed by atoms with Gasteiger partial charge in [0, 0.05) is 12.7 Å². The van der Waals surface area contributed by atoms with Crippen LogP contribution in [0.25, 0.3) is 10.7 Å². The van der Waals surface area contributed by atoms with Crippen molar-refractivity contribution in [2.24, 2.45) is 17.3 Å². The topological polar surface area (TPSA) is 84.5 Å². The molecule has 2 aromatic carbocycles. The summed E-state index contributed by atoms with van der Waals surface area (Å²) in [6.45, 7) is 0. The van der Waals surface area contributed by atoms with Crippen molar-refractivity contribution in [2.75, 3.05) is 11.1 Å². The molecular weight excluding hydrogens is 416 g/mol. The molecule has 1 N–H and O–H groups in total. The summed E-state index contributed by atoms with van der Waals surface area (Å²) in [4.78, 5) is 13.3. The zero-order valence-corrected chi connectivity index (χ0v) is 17.7. The molecule has 0 unspecified atom stereocenters. The van der Waals surface area contributed by atoms with Crippen LogP contribution in [0.2, 0.25) is 0 Å². The first-order valence-corrected chi connectivity index (χ1v) is 11.0. The Labute approximate surface area is 181 Å². The third kappa shape index (κ3) is 5.00. The molecule has 0 atom stereocenters. The highest BCUT2D eigenvalue weighted by atomic mass is 32.2. The normalized spacial score (nSPS) is 11.1. The molecule has 0 saturated heterocycles. The zero-order valence-electron chi connectivity index (χ0n) is 16.1. The van der Waals surface area contributed by atoms with Gasteiger partial charge in [0.2, 0.25) is 5.91 Å². The van der Waals surface area contributed by atoms with Gasteiger partial charge in [-0.15, -0.1) is 21.5 Å². The second-order valence-corrected chi connectivity index (χ2v) is 8.15. The fourth-order valence-corrected chi connectivity index (χ4v) is 4.06. The van der Waals surface area contributed by atoms with Gasteiger partial charge >= 0.3 is 0 Å². The van der Waals surface area contributed by atoms with Gasteiger partial charge in [-0.25, -0.2) is 0 Å². The van der Waals surface area contributed by atoms with Crippen LogP contribution in [0.5, 0.6) is 0 Å². The first-order chi connectivity index (χ1) is 14.7. The van der Waals surface area contributed by atoms with E-state index in [1.807, 2.05) is 71.6 Å². The molecule has 30 heavy (non-hydrogen) atoms. The largest absolute Gasteiger partial charge is 0.325 e. The summed E-state index contributed by atoms with van der Waals surface area (Å²) in [7, 11) is 1.90. The maximum Gasteiger partial charge on any atom is 0.234 e. The van der Waals surface area contributed by atoms with E-state index < -0.39 is 0 Å². The zero-order chi connectivity index (χ0) is 20.8. The minimum absolute atomic E-state index is 0.112. The molecule has 2 heterocycles. The van der Waals surface area contributed by atoms with Gasteiger partial charge in [-0.2, -0.15) is 10.2 Å². The first kappa shape index (κ1) is 20.0. The van der Waals surface area contributed by atoms with E-state index in [9.17, 15) is 4.79 Å². The molecule has 0 aliphatic rings. The molecule has 0 aliphatic carbocycles. The molecular formula is C21H18N6OS2. The van der Waals surface area contributed by atoms with Crippen molar-refractivity contribution in [3.05, 3.63) is 72.1 Å². The Morgan fingerprint density at radius 3 is 2.43 bits per heavy atom. The van der Waals surface area contributed by atoms with Crippen molar-refractivity contribution in [1.82, 2.24) is 14.8 Å². The average molecular weight is 435 g/mol. The van der Waals surface area contributed by atoms with E-state index in [0.29, 0.717) is 16.5 Å². The number of carbonyl (C=O) groups is 1. The number of anilines is 1. The van der Waals surface area contributed by atoms with E-state index in [2.05, 4.69) is 25.7 Å². The number of thioether (sulfide) groups is 1. The van der Waals surface area contributed by atoms with Crippen molar-refractivity contribution in [3.63, 3.8) is 0 Å². The fourth-order valence-electron chi connectivity index (χ4n) is 2.61. The number of hydrogen-bond acceptors (Lipinski definition) is 7. The second kappa shape index (κ2) is 9.47. The maximum absolute atomic E-state index is 12.3. The lowest BCUT2D eigenvalue weighted by Gasteiger charge is -2.05. The Kier molecular flexibility index (Phi) is 6.31. The SMILES string of the molecule is Cn1c(SCC(=O)Nc2ccc(N=Nc3ccccc3)cc2)nnc1-c1cccs1. The smallest absolute Gasteiger partial charge is 0.234 e. The van der Waals surface area contributed by atoms with E-state index in [1.54, 1.807) is 23.5 Å². The Morgan fingerprint density at radius 2 is 1.73 bits per heavy atom.